The molecule has 4 nitrogen and oxygen atoms in total. The second kappa shape index (κ2) is 7.43. The van der Waals surface area contributed by atoms with Gasteiger partial charge in [-0.15, -0.1) is 0 Å². The van der Waals surface area contributed by atoms with E-state index in [1.165, 1.54) is 6.42 Å². The van der Waals surface area contributed by atoms with Gasteiger partial charge < -0.3 is 20.2 Å². The van der Waals surface area contributed by atoms with Crippen molar-refractivity contribution in [2.24, 2.45) is 0 Å². The molecule has 108 valence electrons. The van der Waals surface area contributed by atoms with Crippen LogP contribution in [-0.4, -0.2) is 73.9 Å². The molecule has 0 bridgehead atoms. The molecule has 0 aromatic rings. The van der Waals surface area contributed by atoms with Gasteiger partial charge in [-0.05, 0) is 53.4 Å². The van der Waals surface area contributed by atoms with Gasteiger partial charge in [-0.1, -0.05) is 6.92 Å². The van der Waals surface area contributed by atoms with E-state index in [-0.39, 0.29) is 12.1 Å². The van der Waals surface area contributed by atoms with Gasteiger partial charge in [0.15, 0.2) is 0 Å². The van der Waals surface area contributed by atoms with Crippen LogP contribution in [0.3, 0.4) is 0 Å². The lowest BCUT2D eigenvalue weighted by atomic mass is 9.98. The Hall–Kier alpha value is -0.160. The maximum absolute atomic E-state index is 9.67. The van der Waals surface area contributed by atoms with Gasteiger partial charge in [0, 0.05) is 24.7 Å². The molecule has 0 aromatic carbocycles. The predicted molar refractivity (Wildman–Crippen MR) is 76.9 cm³/mol. The Bertz CT molecular complexity index is 235. The van der Waals surface area contributed by atoms with Gasteiger partial charge in [-0.2, -0.15) is 0 Å². The summed E-state index contributed by atoms with van der Waals surface area (Å²) in [5, 5.41) is 13.2. The summed E-state index contributed by atoms with van der Waals surface area (Å²) in [5.74, 6) is 0. The Morgan fingerprint density at radius 1 is 1.28 bits per heavy atom. The lowest BCUT2D eigenvalue weighted by Gasteiger charge is -2.31. The first-order chi connectivity index (χ1) is 8.53. The Labute approximate surface area is 112 Å². The topological polar surface area (TPSA) is 38.7 Å². The van der Waals surface area contributed by atoms with Gasteiger partial charge in [0.1, 0.15) is 0 Å². The van der Waals surface area contributed by atoms with Crippen LogP contribution in [0, 0.1) is 0 Å². The summed E-state index contributed by atoms with van der Waals surface area (Å²) in [4.78, 5) is 4.67. The van der Waals surface area contributed by atoms with Crippen molar-refractivity contribution < 1.29 is 5.11 Å². The summed E-state index contributed by atoms with van der Waals surface area (Å²) in [6, 6.07) is 0.612. The van der Waals surface area contributed by atoms with Crippen LogP contribution in [0.1, 0.15) is 32.6 Å². The van der Waals surface area contributed by atoms with Crippen LogP contribution in [0.15, 0.2) is 0 Å². The molecule has 0 saturated heterocycles. The van der Waals surface area contributed by atoms with E-state index in [1.807, 2.05) is 0 Å². The van der Waals surface area contributed by atoms with E-state index in [0.29, 0.717) is 6.04 Å². The highest BCUT2D eigenvalue weighted by Gasteiger charge is 2.39. The average molecular weight is 257 g/mol. The Balaban J connectivity index is 2.42. The summed E-state index contributed by atoms with van der Waals surface area (Å²) in [5.41, 5.74) is -0.0208. The molecule has 0 spiro atoms. The van der Waals surface area contributed by atoms with Crippen LogP contribution in [0.5, 0.6) is 0 Å². The molecule has 2 N–H and O–H groups in total. The molecular weight excluding hydrogens is 226 g/mol. The standard InChI is InChI=1S/C14H31N3O/c1-5-8-15-14(12-18)7-6-13(11-14)17(4)10-9-16(2)3/h13,15,18H,5-12H2,1-4H3. The number of nitrogens with one attached hydrogen (secondary N) is 1. The first-order valence-electron chi connectivity index (χ1n) is 7.24. The fourth-order valence-corrected chi connectivity index (χ4v) is 2.76. The molecular formula is C14H31N3O. The van der Waals surface area contributed by atoms with Crippen LogP contribution < -0.4 is 5.32 Å². The molecule has 2 unspecified atom stereocenters. The maximum Gasteiger partial charge on any atom is 0.0613 e. The lowest BCUT2D eigenvalue weighted by Crippen LogP contribution is -2.48. The molecule has 4 heteroatoms. The van der Waals surface area contributed by atoms with E-state index in [4.69, 9.17) is 0 Å². The van der Waals surface area contributed by atoms with Crippen molar-refractivity contribution in [3.8, 4) is 0 Å². The zero-order valence-corrected chi connectivity index (χ0v) is 12.6. The van der Waals surface area contributed by atoms with Gasteiger partial charge in [-0.3, -0.25) is 0 Å². The summed E-state index contributed by atoms with van der Waals surface area (Å²) >= 11 is 0. The van der Waals surface area contributed by atoms with Crippen molar-refractivity contribution >= 4 is 0 Å². The highest BCUT2D eigenvalue weighted by Crippen LogP contribution is 2.32. The number of rotatable bonds is 8. The van der Waals surface area contributed by atoms with Crippen LogP contribution in [0.2, 0.25) is 0 Å². The summed E-state index contributed by atoms with van der Waals surface area (Å²) < 4.78 is 0. The Morgan fingerprint density at radius 2 is 2.00 bits per heavy atom. The molecule has 0 radical (unpaired) electrons. The molecule has 2 atom stereocenters. The third kappa shape index (κ3) is 4.50. The minimum atomic E-state index is -0.0208. The second-order valence-electron chi connectivity index (χ2n) is 6.05. The van der Waals surface area contributed by atoms with Gasteiger partial charge >= 0.3 is 0 Å². The number of hydrogen-bond donors (Lipinski definition) is 2. The number of likely N-dealkylation sites (N-methyl/N-ethyl adjacent to an activating group) is 2. The van der Waals surface area contributed by atoms with E-state index in [1.54, 1.807) is 0 Å². The molecule has 1 rings (SSSR count). The largest absolute Gasteiger partial charge is 0.394 e. The molecule has 0 amide bonds. The van der Waals surface area contributed by atoms with Crippen molar-refractivity contribution in [1.29, 1.82) is 0 Å². The summed E-state index contributed by atoms with van der Waals surface area (Å²) in [6.07, 6.45) is 4.50. The highest BCUT2D eigenvalue weighted by atomic mass is 16.3. The second-order valence-corrected chi connectivity index (χ2v) is 6.05. The van der Waals surface area contributed by atoms with Crippen LogP contribution in [0.4, 0.5) is 0 Å². The molecule has 1 fully saturated rings. The minimum absolute atomic E-state index is 0.0208. The Kier molecular flexibility index (Phi) is 6.57. The number of aliphatic hydroxyl groups excluding tert-OH is 1. The SMILES string of the molecule is CCCNC1(CO)CCC(N(C)CCN(C)C)C1. The summed E-state index contributed by atoms with van der Waals surface area (Å²) in [7, 11) is 6.44. The Morgan fingerprint density at radius 3 is 2.56 bits per heavy atom. The van der Waals surface area contributed by atoms with Crippen LogP contribution in [-0.2, 0) is 0 Å². The van der Waals surface area contributed by atoms with Crippen molar-refractivity contribution in [2.75, 3.05) is 47.4 Å². The van der Waals surface area contributed by atoms with E-state index < -0.39 is 0 Å². The summed E-state index contributed by atoms with van der Waals surface area (Å²) in [6.45, 7) is 5.65. The molecule has 1 aliphatic rings. The van der Waals surface area contributed by atoms with Gasteiger partial charge in [0.05, 0.1) is 6.61 Å². The van der Waals surface area contributed by atoms with E-state index in [2.05, 4.69) is 43.2 Å². The third-order valence-corrected chi connectivity index (χ3v) is 4.16. The van der Waals surface area contributed by atoms with E-state index >= 15 is 0 Å². The first-order valence-corrected chi connectivity index (χ1v) is 7.24. The zero-order valence-electron chi connectivity index (χ0n) is 12.6. The van der Waals surface area contributed by atoms with Crippen LogP contribution >= 0.6 is 0 Å². The van der Waals surface area contributed by atoms with Crippen molar-refractivity contribution in [1.82, 2.24) is 15.1 Å². The van der Waals surface area contributed by atoms with E-state index in [9.17, 15) is 5.11 Å². The molecule has 0 aromatic heterocycles. The number of aliphatic hydroxyl groups is 1. The monoisotopic (exact) mass is 257 g/mol. The lowest BCUT2D eigenvalue weighted by molar-refractivity contribution is 0.148. The van der Waals surface area contributed by atoms with Crippen molar-refractivity contribution in [2.45, 2.75) is 44.2 Å². The first kappa shape index (κ1) is 15.9. The zero-order chi connectivity index (χ0) is 13.6. The predicted octanol–water partition coefficient (Wildman–Crippen LogP) is 0.763. The molecule has 18 heavy (non-hydrogen) atoms. The smallest absolute Gasteiger partial charge is 0.0613 e. The fourth-order valence-electron chi connectivity index (χ4n) is 2.76. The van der Waals surface area contributed by atoms with Gasteiger partial charge in [0.2, 0.25) is 0 Å². The molecule has 1 saturated carbocycles. The van der Waals surface area contributed by atoms with Gasteiger partial charge in [0.25, 0.3) is 0 Å². The number of hydrogen-bond acceptors (Lipinski definition) is 4. The van der Waals surface area contributed by atoms with Crippen molar-refractivity contribution in [3.05, 3.63) is 0 Å². The highest BCUT2D eigenvalue weighted by molar-refractivity contribution is 4.98. The molecule has 0 heterocycles. The number of nitrogens with zero attached hydrogens (tertiary/aromatic N) is 2. The third-order valence-electron chi connectivity index (χ3n) is 4.16. The van der Waals surface area contributed by atoms with E-state index in [0.717, 1.165) is 38.9 Å². The molecule has 1 aliphatic carbocycles. The normalized spacial score (nSPS) is 28.5. The quantitative estimate of drug-likeness (QED) is 0.673. The van der Waals surface area contributed by atoms with Crippen LogP contribution in [0.25, 0.3) is 0 Å². The van der Waals surface area contributed by atoms with Gasteiger partial charge in [-0.25, -0.2) is 0 Å². The molecule has 0 aliphatic heterocycles. The maximum atomic E-state index is 9.67. The minimum Gasteiger partial charge on any atom is -0.394 e. The van der Waals surface area contributed by atoms with Crippen molar-refractivity contribution in [3.63, 3.8) is 0 Å². The average Bonchev–Trinajstić information content (AvgIpc) is 2.78. The fraction of sp³-hybridized carbons (Fsp3) is 1.00.